The monoisotopic (exact) mass is 478 g/mol. The lowest BCUT2D eigenvalue weighted by atomic mass is 10.2. The summed E-state index contributed by atoms with van der Waals surface area (Å²) in [7, 11) is -0.569. The van der Waals surface area contributed by atoms with Crippen molar-refractivity contribution < 1.29 is 22.7 Å². The zero-order valence-electron chi connectivity index (χ0n) is 18.1. The van der Waals surface area contributed by atoms with Crippen LogP contribution >= 0.6 is 11.6 Å². The number of hydrogen-bond acceptors (Lipinski definition) is 5. The predicted molar refractivity (Wildman–Crippen MR) is 126 cm³/mol. The largest absolute Gasteiger partial charge is 0.493 e. The number of halogens is 1. The van der Waals surface area contributed by atoms with Gasteiger partial charge in [-0.15, -0.1) is 0 Å². The van der Waals surface area contributed by atoms with Crippen molar-refractivity contribution in [2.75, 3.05) is 32.6 Å². The van der Waals surface area contributed by atoms with Gasteiger partial charge in [-0.1, -0.05) is 30.5 Å². The predicted octanol–water partition coefficient (Wildman–Crippen LogP) is 4.57. The summed E-state index contributed by atoms with van der Waals surface area (Å²) in [6.07, 6.45) is 6.70. The van der Waals surface area contributed by atoms with Crippen LogP contribution in [0.15, 0.2) is 47.4 Å². The van der Waals surface area contributed by atoms with E-state index in [2.05, 4.69) is 5.32 Å². The Hall–Kier alpha value is -2.55. The van der Waals surface area contributed by atoms with E-state index in [1.54, 1.807) is 31.4 Å². The van der Waals surface area contributed by atoms with Gasteiger partial charge in [0.15, 0.2) is 11.5 Å². The summed E-state index contributed by atoms with van der Waals surface area (Å²) in [5.41, 5.74) is 0.978. The minimum Gasteiger partial charge on any atom is -0.493 e. The summed E-state index contributed by atoms with van der Waals surface area (Å²) < 4.78 is 38.1. The van der Waals surface area contributed by atoms with Crippen LogP contribution in [-0.4, -0.2) is 45.9 Å². The van der Waals surface area contributed by atoms with Crippen LogP contribution in [0.4, 0.5) is 5.69 Å². The van der Waals surface area contributed by atoms with Crippen LogP contribution < -0.4 is 14.8 Å². The lowest BCUT2D eigenvalue weighted by molar-refractivity contribution is -0.111. The Morgan fingerprint density at radius 1 is 1.00 bits per heavy atom. The van der Waals surface area contributed by atoms with Crippen LogP contribution in [0.5, 0.6) is 11.5 Å². The maximum atomic E-state index is 13.0. The van der Waals surface area contributed by atoms with Crippen LogP contribution in [0.2, 0.25) is 5.02 Å². The molecule has 0 saturated carbocycles. The quantitative estimate of drug-likeness (QED) is 0.589. The highest BCUT2D eigenvalue weighted by atomic mass is 35.5. The summed E-state index contributed by atoms with van der Waals surface area (Å²) in [6, 6.07) is 9.63. The number of sulfonamides is 1. The number of methoxy groups -OCH3 is 2. The third-order valence-electron chi connectivity index (χ3n) is 5.23. The van der Waals surface area contributed by atoms with Gasteiger partial charge in [-0.3, -0.25) is 4.79 Å². The van der Waals surface area contributed by atoms with Crippen molar-refractivity contribution in [1.82, 2.24) is 4.31 Å². The molecule has 0 bridgehead atoms. The Morgan fingerprint density at radius 2 is 1.69 bits per heavy atom. The molecule has 2 aromatic carbocycles. The van der Waals surface area contributed by atoms with Gasteiger partial charge < -0.3 is 14.8 Å². The van der Waals surface area contributed by atoms with E-state index in [4.69, 9.17) is 21.1 Å². The van der Waals surface area contributed by atoms with Gasteiger partial charge in [-0.05, 0) is 54.8 Å². The standard InChI is InChI=1S/C23H27ClN2O5S/c1-30-21-11-7-17(15-22(21)31-2)8-12-23(27)25-20-16-18(9-10-19(20)24)32(28,29)26-13-5-3-4-6-14-26/h7-12,15-16H,3-6,13-14H2,1-2H3,(H,25,27)/b12-8+. The fourth-order valence-corrected chi connectivity index (χ4v) is 5.20. The topological polar surface area (TPSA) is 84.9 Å². The fraction of sp³-hybridized carbons (Fsp3) is 0.348. The molecule has 0 spiro atoms. The van der Waals surface area contributed by atoms with Crippen LogP contribution in [0.25, 0.3) is 6.08 Å². The highest BCUT2D eigenvalue weighted by Gasteiger charge is 2.26. The van der Waals surface area contributed by atoms with E-state index in [1.807, 2.05) is 0 Å². The molecule has 0 aromatic heterocycles. The van der Waals surface area contributed by atoms with Crippen molar-refractivity contribution in [2.45, 2.75) is 30.6 Å². The Morgan fingerprint density at radius 3 is 2.34 bits per heavy atom. The SMILES string of the molecule is COc1ccc(/C=C/C(=O)Nc2cc(S(=O)(=O)N3CCCCCC3)ccc2Cl)cc1OC. The number of rotatable bonds is 7. The van der Waals surface area contributed by atoms with E-state index in [-0.39, 0.29) is 15.6 Å². The van der Waals surface area contributed by atoms with Crippen LogP contribution in [-0.2, 0) is 14.8 Å². The first kappa shape index (κ1) is 24.1. The molecule has 0 unspecified atom stereocenters. The molecule has 7 nitrogen and oxygen atoms in total. The Kier molecular flexibility index (Phi) is 8.17. The fourth-order valence-electron chi connectivity index (χ4n) is 3.49. The molecule has 3 rings (SSSR count). The van der Waals surface area contributed by atoms with Crippen LogP contribution in [0.3, 0.4) is 0 Å². The molecule has 1 aliphatic rings. The number of amides is 1. The minimum absolute atomic E-state index is 0.114. The molecule has 1 amide bonds. The average molecular weight is 479 g/mol. The molecule has 0 atom stereocenters. The molecule has 1 N–H and O–H groups in total. The number of anilines is 1. The van der Waals surface area contributed by atoms with Gasteiger partial charge in [0.05, 0.1) is 29.8 Å². The van der Waals surface area contributed by atoms with Gasteiger partial charge >= 0.3 is 0 Å². The van der Waals surface area contributed by atoms with Gasteiger partial charge in [0, 0.05) is 19.2 Å². The van der Waals surface area contributed by atoms with Crippen LogP contribution in [0.1, 0.15) is 31.2 Å². The molecule has 32 heavy (non-hydrogen) atoms. The number of hydrogen-bond donors (Lipinski definition) is 1. The van der Waals surface area contributed by atoms with E-state index in [1.165, 1.54) is 35.7 Å². The van der Waals surface area contributed by atoms with Gasteiger partial charge in [0.2, 0.25) is 15.9 Å². The summed E-state index contributed by atoms with van der Waals surface area (Å²) in [4.78, 5) is 12.6. The summed E-state index contributed by atoms with van der Waals surface area (Å²) in [6.45, 7) is 1.00. The normalized spacial score (nSPS) is 15.3. The maximum Gasteiger partial charge on any atom is 0.248 e. The molecule has 1 heterocycles. The molecule has 0 radical (unpaired) electrons. The number of carbonyl (C=O) groups is 1. The zero-order chi connectivity index (χ0) is 23.1. The second-order valence-corrected chi connectivity index (χ2v) is 9.74. The first-order valence-corrected chi connectivity index (χ1v) is 12.2. The Labute approximate surface area is 194 Å². The number of carbonyl (C=O) groups excluding carboxylic acids is 1. The summed E-state index contributed by atoms with van der Waals surface area (Å²) in [5.74, 6) is 0.693. The van der Waals surface area contributed by atoms with Crippen LogP contribution in [0, 0.1) is 0 Å². The smallest absolute Gasteiger partial charge is 0.248 e. The number of benzene rings is 2. The van der Waals surface area contributed by atoms with Gasteiger partial charge in [-0.2, -0.15) is 4.31 Å². The molecular formula is C23H27ClN2O5S. The van der Waals surface area contributed by atoms with Crippen molar-refractivity contribution in [2.24, 2.45) is 0 Å². The lowest BCUT2D eigenvalue weighted by Gasteiger charge is -2.20. The van der Waals surface area contributed by atoms with Gasteiger partial charge in [-0.25, -0.2) is 8.42 Å². The molecule has 1 saturated heterocycles. The molecule has 1 aliphatic heterocycles. The molecule has 0 aliphatic carbocycles. The minimum atomic E-state index is -3.65. The van der Waals surface area contributed by atoms with E-state index in [0.29, 0.717) is 24.6 Å². The summed E-state index contributed by atoms with van der Waals surface area (Å²) in [5, 5.41) is 2.92. The van der Waals surface area contributed by atoms with E-state index >= 15 is 0 Å². The van der Waals surface area contributed by atoms with Gasteiger partial charge in [0.1, 0.15) is 0 Å². The average Bonchev–Trinajstić information content (AvgIpc) is 3.09. The highest BCUT2D eigenvalue weighted by Crippen LogP contribution is 2.29. The lowest BCUT2D eigenvalue weighted by Crippen LogP contribution is -2.32. The molecule has 9 heteroatoms. The molecule has 2 aromatic rings. The zero-order valence-corrected chi connectivity index (χ0v) is 19.7. The second kappa shape index (κ2) is 10.8. The number of ether oxygens (including phenoxy) is 2. The molecule has 172 valence electrons. The Balaban J connectivity index is 1.76. The van der Waals surface area contributed by atoms with E-state index < -0.39 is 15.9 Å². The number of nitrogens with zero attached hydrogens (tertiary/aromatic N) is 1. The first-order chi connectivity index (χ1) is 15.3. The van der Waals surface area contributed by atoms with Crippen molar-refractivity contribution in [1.29, 1.82) is 0 Å². The molecular weight excluding hydrogens is 452 g/mol. The molecule has 1 fully saturated rings. The second-order valence-electron chi connectivity index (χ2n) is 7.40. The highest BCUT2D eigenvalue weighted by molar-refractivity contribution is 7.89. The van der Waals surface area contributed by atoms with Crippen molar-refractivity contribution in [3.8, 4) is 11.5 Å². The van der Waals surface area contributed by atoms with Crippen molar-refractivity contribution in [3.63, 3.8) is 0 Å². The van der Waals surface area contributed by atoms with E-state index in [9.17, 15) is 13.2 Å². The van der Waals surface area contributed by atoms with Crippen molar-refractivity contribution in [3.05, 3.63) is 53.1 Å². The van der Waals surface area contributed by atoms with E-state index in [0.717, 1.165) is 31.2 Å². The Bertz CT molecular complexity index is 1090. The third-order valence-corrected chi connectivity index (χ3v) is 7.46. The third kappa shape index (κ3) is 5.82. The summed E-state index contributed by atoms with van der Waals surface area (Å²) >= 11 is 6.21. The first-order valence-electron chi connectivity index (χ1n) is 10.4. The van der Waals surface area contributed by atoms with Crippen molar-refractivity contribution >= 4 is 39.3 Å². The number of nitrogens with one attached hydrogen (secondary N) is 1. The maximum absolute atomic E-state index is 13.0. The van der Waals surface area contributed by atoms with Gasteiger partial charge in [0.25, 0.3) is 0 Å².